The van der Waals surface area contributed by atoms with Crippen molar-refractivity contribution in [3.8, 4) is 12.1 Å². The number of benzene rings is 1. The Labute approximate surface area is 191 Å². The van der Waals surface area contributed by atoms with Gasteiger partial charge in [0, 0.05) is 12.1 Å². The standard InChI is InChI=1S/C21H18ClF2N5O4/c22-11-6-14-20(28-19(11)26-7-10-12(23)2-1-3-13(10)24)29-21(27-14)33-16-9-32-17-15(30-5-4-25)8-31-18(16)17/h1-3,6,15-18H,5,7-9H2,(H2,26,27,28,29)/t15-,16-,17?,18?/m1/s1. The highest BCUT2D eigenvalue weighted by molar-refractivity contribution is 6.33. The highest BCUT2D eigenvalue weighted by Gasteiger charge is 2.49. The van der Waals surface area contributed by atoms with Crippen LogP contribution in [0, 0.1) is 23.0 Å². The lowest BCUT2D eigenvalue weighted by molar-refractivity contribution is -0.0250. The van der Waals surface area contributed by atoms with Gasteiger partial charge in [-0.3, -0.25) is 0 Å². The molecule has 4 heterocycles. The highest BCUT2D eigenvalue weighted by atomic mass is 35.5. The number of fused-ring (bicyclic) bond motifs is 2. The van der Waals surface area contributed by atoms with E-state index in [-0.39, 0.29) is 60.5 Å². The van der Waals surface area contributed by atoms with E-state index in [0.29, 0.717) is 17.8 Å². The molecule has 9 nitrogen and oxygen atoms in total. The van der Waals surface area contributed by atoms with Crippen molar-refractivity contribution in [1.82, 2.24) is 15.0 Å². The first-order valence-corrected chi connectivity index (χ1v) is 10.5. The van der Waals surface area contributed by atoms with E-state index < -0.39 is 17.7 Å². The molecule has 3 aromatic rings. The van der Waals surface area contributed by atoms with Gasteiger partial charge in [-0.05, 0) is 18.2 Å². The molecule has 0 saturated carbocycles. The summed E-state index contributed by atoms with van der Waals surface area (Å²) in [5, 5.41) is 11.8. The number of H-pyrrole nitrogens is 1. The van der Waals surface area contributed by atoms with Crippen LogP contribution < -0.4 is 10.1 Å². The Morgan fingerprint density at radius 2 is 1.91 bits per heavy atom. The third-order valence-electron chi connectivity index (χ3n) is 5.49. The van der Waals surface area contributed by atoms with Crippen molar-refractivity contribution in [3.63, 3.8) is 0 Å². The largest absolute Gasteiger partial charge is 0.456 e. The van der Waals surface area contributed by atoms with Gasteiger partial charge < -0.3 is 29.2 Å². The fourth-order valence-electron chi connectivity index (χ4n) is 3.91. The number of nitriles is 1. The van der Waals surface area contributed by atoms with Gasteiger partial charge in [-0.2, -0.15) is 10.2 Å². The lowest BCUT2D eigenvalue weighted by atomic mass is 10.1. The minimum absolute atomic E-state index is 0.0396. The fraction of sp³-hybridized carbons (Fsp3) is 0.381. The Hall–Kier alpha value is -3.04. The predicted molar refractivity (Wildman–Crippen MR) is 112 cm³/mol. The van der Waals surface area contributed by atoms with Crippen LogP contribution in [0.1, 0.15) is 5.56 Å². The second-order valence-electron chi connectivity index (χ2n) is 7.55. The molecule has 4 atom stereocenters. The first kappa shape index (κ1) is 21.8. The molecule has 2 aromatic heterocycles. The number of aromatic nitrogens is 3. The zero-order valence-corrected chi connectivity index (χ0v) is 17.8. The van der Waals surface area contributed by atoms with Crippen LogP contribution in [0.3, 0.4) is 0 Å². The smallest absolute Gasteiger partial charge is 0.296 e. The van der Waals surface area contributed by atoms with Crippen LogP contribution >= 0.6 is 11.6 Å². The van der Waals surface area contributed by atoms with Crippen LogP contribution in [0.15, 0.2) is 24.3 Å². The molecule has 2 saturated heterocycles. The van der Waals surface area contributed by atoms with E-state index in [2.05, 4.69) is 20.3 Å². The second kappa shape index (κ2) is 9.07. The van der Waals surface area contributed by atoms with Crippen LogP contribution in [0.4, 0.5) is 14.6 Å². The number of ether oxygens (including phenoxy) is 4. The van der Waals surface area contributed by atoms with E-state index in [0.717, 1.165) is 0 Å². The first-order chi connectivity index (χ1) is 16.0. The molecule has 0 aliphatic carbocycles. The maximum Gasteiger partial charge on any atom is 0.296 e. The number of nitrogens with one attached hydrogen (secondary N) is 2. The fourth-order valence-corrected chi connectivity index (χ4v) is 4.13. The average molecular weight is 478 g/mol. The van der Waals surface area contributed by atoms with E-state index >= 15 is 0 Å². The Balaban J connectivity index is 1.28. The Bertz CT molecular complexity index is 1200. The summed E-state index contributed by atoms with van der Waals surface area (Å²) < 4.78 is 50.6. The number of pyridine rings is 1. The van der Waals surface area contributed by atoms with Gasteiger partial charge in [0.05, 0.1) is 29.8 Å². The van der Waals surface area contributed by atoms with Gasteiger partial charge in [0.15, 0.2) is 11.8 Å². The number of anilines is 1. The van der Waals surface area contributed by atoms with Gasteiger partial charge >= 0.3 is 0 Å². The summed E-state index contributed by atoms with van der Waals surface area (Å²) >= 11 is 6.28. The second-order valence-corrected chi connectivity index (χ2v) is 7.95. The van der Waals surface area contributed by atoms with Gasteiger partial charge in [-0.1, -0.05) is 17.7 Å². The van der Waals surface area contributed by atoms with E-state index in [1.807, 2.05) is 6.07 Å². The predicted octanol–water partition coefficient (Wildman–Crippen LogP) is 2.96. The van der Waals surface area contributed by atoms with Crippen molar-refractivity contribution in [3.05, 3.63) is 46.5 Å². The molecule has 2 N–H and O–H groups in total. The van der Waals surface area contributed by atoms with Crippen molar-refractivity contribution in [2.24, 2.45) is 0 Å². The minimum Gasteiger partial charge on any atom is -0.456 e. The summed E-state index contributed by atoms with van der Waals surface area (Å²) in [5.41, 5.74) is 0.713. The third kappa shape index (κ3) is 4.30. The quantitative estimate of drug-likeness (QED) is 0.534. The number of hydrogen-bond donors (Lipinski definition) is 2. The van der Waals surface area contributed by atoms with Crippen LogP contribution in [-0.2, 0) is 20.8 Å². The topological polar surface area (TPSA) is 114 Å². The van der Waals surface area contributed by atoms with Crippen LogP contribution in [0.5, 0.6) is 6.01 Å². The SMILES string of the molecule is N#CCO[C@@H]1COC2C1OC[C@H]2Oc1nc2nc(NCc3c(F)cccc3F)c(Cl)cc2[nH]1. The van der Waals surface area contributed by atoms with Crippen molar-refractivity contribution in [2.45, 2.75) is 31.0 Å². The summed E-state index contributed by atoms with van der Waals surface area (Å²) in [4.78, 5) is 11.7. The molecule has 0 bridgehead atoms. The molecule has 2 fully saturated rings. The normalized spacial score (nSPS) is 24.1. The Kier molecular flexibility index (Phi) is 5.99. The van der Waals surface area contributed by atoms with Gasteiger partial charge in [-0.25, -0.2) is 13.8 Å². The van der Waals surface area contributed by atoms with Gasteiger partial charge in [0.2, 0.25) is 0 Å². The third-order valence-corrected chi connectivity index (χ3v) is 5.77. The number of aromatic amines is 1. The molecule has 0 amide bonds. The Morgan fingerprint density at radius 1 is 1.18 bits per heavy atom. The Morgan fingerprint density at radius 3 is 2.67 bits per heavy atom. The molecule has 5 rings (SSSR count). The number of nitrogens with zero attached hydrogens (tertiary/aromatic N) is 3. The zero-order chi connectivity index (χ0) is 22.9. The lowest BCUT2D eigenvalue weighted by Gasteiger charge is -2.16. The minimum atomic E-state index is -0.665. The van der Waals surface area contributed by atoms with Crippen molar-refractivity contribution in [1.29, 1.82) is 5.26 Å². The lowest BCUT2D eigenvalue weighted by Crippen LogP contribution is -2.35. The molecule has 2 aliphatic heterocycles. The van der Waals surface area contributed by atoms with Gasteiger partial charge in [-0.15, -0.1) is 0 Å². The first-order valence-electron chi connectivity index (χ1n) is 10.1. The van der Waals surface area contributed by atoms with Gasteiger partial charge in [0.25, 0.3) is 6.01 Å². The van der Waals surface area contributed by atoms with Crippen molar-refractivity contribution < 1.29 is 27.7 Å². The average Bonchev–Trinajstić information content (AvgIpc) is 3.48. The number of rotatable bonds is 7. The van der Waals surface area contributed by atoms with Crippen LogP contribution in [0.2, 0.25) is 5.02 Å². The van der Waals surface area contributed by atoms with Crippen molar-refractivity contribution in [2.75, 3.05) is 25.1 Å². The summed E-state index contributed by atoms with van der Waals surface area (Å²) in [5.74, 6) is -1.10. The van der Waals surface area contributed by atoms with E-state index in [1.165, 1.54) is 18.2 Å². The maximum atomic E-state index is 13.9. The van der Waals surface area contributed by atoms with E-state index in [4.69, 9.17) is 35.8 Å². The monoisotopic (exact) mass is 477 g/mol. The number of halogens is 3. The zero-order valence-electron chi connectivity index (χ0n) is 17.1. The molecule has 0 radical (unpaired) electrons. The summed E-state index contributed by atoms with van der Waals surface area (Å²) in [6.07, 6.45) is -1.43. The molecule has 2 unspecified atom stereocenters. The molecule has 12 heteroatoms. The number of hydrogen-bond acceptors (Lipinski definition) is 8. The molecule has 33 heavy (non-hydrogen) atoms. The molecular formula is C21H18ClF2N5O4. The van der Waals surface area contributed by atoms with Crippen molar-refractivity contribution >= 4 is 28.6 Å². The van der Waals surface area contributed by atoms with Crippen LogP contribution in [-0.4, -0.2) is 59.2 Å². The summed E-state index contributed by atoms with van der Waals surface area (Å²) in [7, 11) is 0. The molecule has 1 aromatic carbocycles. The van der Waals surface area contributed by atoms with E-state index in [1.54, 1.807) is 6.07 Å². The van der Waals surface area contributed by atoms with E-state index in [9.17, 15) is 8.78 Å². The molecule has 0 spiro atoms. The highest BCUT2D eigenvalue weighted by Crippen LogP contribution is 2.32. The van der Waals surface area contributed by atoms with Gasteiger partial charge in [0.1, 0.15) is 42.4 Å². The summed E-state index contributed by atoms with van der Waals surface area (Å²) in [6, 6.07) is 7.38. The van der Waals surface area contributed by atoms with Crippen LogP contribution in [0.25, 0.3) is 11.2 Å². The maximum absolute atomic E-state index is 13.9. The molecule has 2 aliphatic rings. The molecular weight excluding hydrogens is 460 g/mol. The number of imidazole rings is 1. The summed E-state index contributed by atoms with van der Waals surface area (Å²) in [6.45, 7) is 0.404. The molecule has 172 valence electrons.